The number of rotatable bonds is 3. The Kier molecular flexibility index (Phi) is 4.89. The molecule has 2 aliphatic heterocycles. The maximum atomic E-state index is 13.1. The molecule has 1 spiro atoms. The summed E-state index contributed by atoms with van der Waals surface area (Å²) < 4.78 is 0. The lowest BCUT2D eigenvalue weighted by Crippen LogP contribution is -2.49. The van der Waals surface area contributed by atoms with Crippen LogP contribution in [-0.4, -0.2) is 46.3 Å². The van der Waals surface area contributed by atoms with E-state index in [-0.39, 0.29) is 24.4 Å². The van der Waals surface area contributed by atoms with Gasteiger partial charge in [-0.25, -0.2) is 4.79 Å². The fraction of sp³-hybridized carbons (Fsp3) is 0.591. The van der Waals surface area contributed by atoms with Gasteiger partial charge in [0.1, 0.15) is 12.1 Å². The Balaban J connectivity index is 1.49. The first-order chi connectivity index (χ1) is 13.4. The van der Waals surface area contributed by atoms with Crippen molar-refractivity contribution in [1.29, 1.82) is 0 Å². The number of urea groups is 1. The third-order valence-corrected chi connectivity index (χ3v) is 6.74. The molecule has 6 heteroatoms. The van der Waals surface area contributed by atoms with Crippen molar-refractivity contribution in [3.05, 3.63) is 34.9 Å². The lowest BCUT2D eigenvalue weighted by atomic mass is 9.82. The summed E-state index contributed by atoms with van der Waals surface area (Å²) in [6, 6.07) is 5.94. The number of nitrogens with one attached hydrogen (secondary N) is 1. The van der Waals surface area contributed by atoms with Gasteiger partial charge in [0.05, 0.1) is 6.04 Å². The zero-order valence-electron chi connectivity index (χ0n) is 16.8. The maximum absolute atomic E-state index is 13.1. The maximum Gasteiger partial charge on any atom is 0.325 e. The molecule has 1 aromatic carbocycles. The van der Waals surface area contributed by atoms with E-state index in [1.807, 2.05) is 4.90 Å². The number of carbonyl (C=O) groups is 3. The van der Waals surface area contributed by atoms with Gasteiger partial charge in [0.15, 0.2) is 0 Å². The van der Waals surface area contributed by atoms with E-state index in [4.69, 9.17) is 0 Å². The van der Waals surface area contributed by atoms with Crippen molar-refractivity contribution in [2.24, 2.45) is 0 Å². The van der Waals surface area contributed by atoms with Crippen LogP contribution >= 0.6 is 0 Å². The molecule has 0 aromatic heterocycles. The number of nitrogens with zero attached hydrogens (tertiary/aromatic N) is 2. The molecule has 4 amide bonds. The third-order valence-electron chi connectivity index (χ3n) is 6.74. The average molecular weight is 383 g/mol. The fourth-order valence-corrected chi connectivity index (χ4v) is 4.92. The summed E-state index contributed by atoms with van der Waals surface area (Å²) in [5.41, 5.74) is 2.81. The zero-order chi connectivity index (χ0) is 19.9. The number of imide groups is 1. The van der Waals surface area contributed by atoms with Gasteiger partial charge >= 0.3 is 6.03 Å². The van der Waals surface area contributed by atoms with Crippen molar-refractivity contribution in [1.82, 2.24) is 15.1 Å². The van der Waals surface area contributed by atoms with Gasteiger partial charge in [0.25, 0.3) is 5.91 Å². The van der Waals surface area contributed by atoms with Crippen LogP contribution in [0.3, 0.4) is 0 Å². The summed E-state index contributed by atoms with van der Waals surface area (Å²) in [6.07, 6.45) is 6.18. The van der Waals surface area contributed by atoms with Gasteiger partial charge in [-0.15, -0.1) is 0 Å². The highest BCUT2D eigenvalue weighted by molar-refractivity contribution is 6.09. The molecule has 0 radical (unpaired) electrons. The molecule has 0 bridgehead atoms. The predicted octanol–water partition coefficient (Wildman–Crippen LogP) is 3.22. The number of amides is 4. The van der Waals surface area contributed by atoms with Gasteiger partial charge in [0.2, 0.25) is 5.91 Å². The lowest BCUT2D eigenvalue weighted by molar-refractivity contribution is -0.140. The Bertz CT molecular complexity index is 813. The smallest absolute Gasteiger partial charge is 0.325 e. The minimum atomic E-state index is -0.770. The summed E-state index contributed by atoms with van der Waals surface area (Å²) in [7, 11) is 0. The topological polar surface area (TPSA) is 69.7 Å². The minimum Gasteiger partial charge on any atom is -0.334 e. The van der Waals surface area contributed by atoms with Gasteiger partial charge < -0.3 is 10.2 Å². The Hall–Kier alpha value is -2.37. The highest BCUT2D eigenvalue weighted by Gasteiger charge is 2.52. The van der Waals surface area contributed by atoms with Crippen LogP contribution in [0.4, 0.5) is 4.79 Å². The Morgan fingerprint density at radius 1 is 1.11 bits per heavy atom. The second kappa shape index (κ2) is 7.22. The molecule has 1 aliphatic carbocycles. The molecule has 3 fully saturated rings. The van der Waals surface area contributed by atoms with E-state index >= 15 is 0 Å². The molecule has 1 N–H and O–H groups in total. The standard InChI is InChI=1S/C22H29N3O3/c1-15-8-9-17(13-16(15)2)18-7-6-12-24(18)19(26)14-25-20(27)22(23-21(25)28)10-4-3-5-11-22/h8-9,13,18H,3-7,10-12,14H2,1-2H3,(H,23,28)/t18-/m1/s1. The average Bonchev–Trinajstić information content (AvgIpc) is 3.25. The van der Waals surface area contributed by atoms with Crippen molar-refractivity contribution in [2.45, 2.75) is 70.4 Å². The molecule has 28 heavy (non-hydrogen) atoms. The van der Waals surface area contributed by atoms with Crippen LogP contribution in [-0.2, 0) is 9.59 Å². The molecule has 2 heterocycles. The molecule has 150 valence electrons. The van der Waals surface area contributed by atoms with Crippen LogP contribution in [0.25, 0.3) is 0 Å². The normalized spacial score (nSPS) is 24.1. The molecule has 0 unspecified atom stereocenters. The van der Waals surface area contributed by atoms with Gasteiger partial charge in [-0.3, -0.25) is 14.5 Å². The van der Waals surface area contributed by atoms with Crippen LogP contribution in [0.1, 0.15) is 67.7 Å². The number of benzene rings is 1. The second-order valence-corrected chi connectivity index (χ2v) is 8.55. The molecule has 6 nitrogen and oxygen atoms in total. The van der Waals surface area contributed by atoms with Crippen molar-refractivity contribution in [3.63, 3.8) is 0 Å². The summed E-state index contributed by atoms with van der Waals surface area (Å²) in [5, 5.41) is 2.89. The molecule has 1 saturated carbocycles. The molecule has 2 saturated heterocycles. The third kappa shape index (κ3) is 3.19. The summed E-state index contributed by atoms with van der Waals surface area (Å²) in [4.78, 5) is 41.5. The first kappa shape index (κ1) is 19.0. The van der Waals surface area contributed by atoms with Crippen LogP contribution in [0.15, 0.2) is 18.2 Å². The number of hydrogen-bond acceptors (Lipinski definition) is 3. The lowest BCUT2D eigenvalue weighted by Gasteiger charge is -2.31. The highest BCUT2D eigenvalue weighted by atomic mass is 16.2. The first-order valence-corrected chi connectivity index (χ1v) is 10.4. The molecule has 1 aromatic rings. The zero-order valence-corrected chi connectivity index (χ0v) is 16.8. The van der Waals surface area contributed by atoms with Crippen molar-refractivity contribution in [2.75, 3.05) is 13.1 Å². The predicted molar refractivity (Wildman–Crippen MR) is 106 cm³/mol. The van der Waals surface area contributed by atoms with E-state index in [1.54, 1.807) is 0 Å². The molecule has 1 atom stereocenters. The van der Waals surface area contributed by atoms with Crippen molar-refractivity contribution in [3.8, 4) is 0 Å². The summed E-state index contributed by atoms with van der Waals surface area (Å²) in [6.45, 7) is 4.67. The summed E-state index contributed by atoms with van der Waals surface area (Å²) >= 11 is 0. The van der Waals surface area contributed by atoms with E-state index in [2.05, 4.69) is 37.4 Å². The highest BCUT2D eigenvalue weighted by Crippen LogP contribution is 2.35. The number of likely N-dealkylation sites (tertiary alicyclic amines) is 1. The summed E-state index contributed by atoms with van der Waals surface area (Å²) in [5.74, 6) is -0.357. The van der Waals surface area contributed by atoms with Crippen molar-refractivity contribution < 1.29 is 14.4 Å². The quantitative estimate of drug-likeness (QED) is 0.815. The van der Waals surface area contributed by atoms with Crippen LogP contribution < -0.4 is 5.32 Å². The Labute approximate surface area is 166 Å². The van der Waals surface area contributed by atoms with Gasteiger partial charge in [-0.2, -0.15) is 0 Å². The number of hydrogen-bond donors (Lipinski definition) is 1. The molecule has 3 aliphatic rings. The van der Waals surface area contributed by atoms with Gasteiger partial charge in [-0.1, -0.05) is 37.5 Å². The fourth-order valence-electron chi connectivity index (χ4n) is 4.92. The largest absolute Gasteiger partial charge is 0.334 e. The Morgan fingerprint density at radius 2 is 1.86 bits per heavy atom. The second-order valence-electron chi connectivity index (χ2n) is 8.55. The first-order valence-electron chi connectivity index (χ1n) is 10.4. The number of aryl methyl sites for hydroxylation is 2. The van der Waals surface area contributed by atoms with Crippen molar-refractivity contribution >= 4 is 17.8 Å². The van der Waals surface area contributed by atoms with Gasteiger partial charge in [-0.05, 0) is 56.2 Å². The van der Waals surface area contributed by atoms with Crippen LogP contribution in [0, 0.1) is 13.8 Å². The van der Waals surface area contributed by atoms with E-state index in [1.165, 1.54) is 11.1 Å². The van der Waals surface area contributed by atoms with E-state index in [9.17, 15) is 14.4 Å². The molecular formula is C22H29N3O3. The number of carbonyl (C=O) groups excluding carboxylic acids is 3. The molecular weight excluding hydrogens is 354 g/mol. The van der Waals surface area contributed by atoms with E-state index < -0.39 is 11.6 Å². The van der Waals surface area contributed by atoms with Gasteiger partial charge in [0, 0.05) is 6.54 Å². The van der Waals surface area contributed by atoms with E-state index in [0.29, 0.717) is 19.4 Å². The van der Waals surface area contributed by atoms with Crippen LogP contribution in [0.5, 0.6) is 0 Å². The minimum absolute atomic E-state index is 0.0243. The SMILES string of the molecule is Cc1ccc([C@H]2CCCN2C(=O)CN2C(=O)NC3(CCCCC3)C2=O)cc1C. The molecule has 4 rings (SSSR count). The van der Waals surface area contributed by atoms with Crippen LogP contribution in [0.2, 0.25) is 0 Å². The van der Waals surface area contributed by atoms with E-state index in [0.717, 1.165) is 42.6 Å². The Morgan fingerprint density at radius 3 is 2.57 bits per heavy atom. The monoisotopic (exact) mass is 383 g/mol.